The van der Waals surface area contributed by atoms with Crippen molar-refractivity contribution in [2.75, 3.05) is 36.2 Å². The van der Waals surface area contributed by atoms with Crippen LogP contribution in [0.3, 0.4) is 0 Å². The van der Waals surface area contributed by atoms with Gasteiger partial charge < -0.3 is 19.3 Å². The summed E-state index contributed by atoms with van der Waals surface area (Å²) < 4.78 is 10.6. The van der Waals surface area contributed by atoms with Gasteiger partial charge in [-0.3, -0.25) is 0 Å². The van der Waals surface area contributed by atoms with Gasteiger partial charge in [0.25, 0.3) is 0 Å². The maximum Gasteiger partial charge on any atom is 0.355 e. The first-order valence-corrected chi connectivity index (χ1v) is 9.76. The van der Waals surface area contributed by atoms with E-state index in [1.54, 1.807) is 13.8 Å². The maximum atomic E-state index is 12.8. The Labute approximate surface area is 171 Å². The summed E-state index contributed by atoms with van der Waals surface area (Å²) in [5, 5.41) is 0. The van der Waals surface area contributed by atoms with Crippen LogP contribution < -0.4 is 9.80 Å². The Bertz CT molecular complexity index is 891. The number of nitrogens with zero attached hydrogens (tertiary/aromatic N) is 2. The first-order valence-electron chi connectivity index (χ1n) is 9.76. The van der Waals surface area contributed by atoms with Crippen LogP contribution in [0.2, 0.25) is 0 Å². The van der Waals surface area contributed by atoms with E-state index in [1.807, 2.05) is 71.3 Å². The Morgan fingerprint density at radius 1 is 0.862 bits per heavy atom. The van der Waals surface area contributed by atoms with Crippen molar-refractivity contribution >= 4 is 23.3 Å². The molecule has 0 saturated heterocycles. The molecule has 2 aromatic rings. The SMILES string of the molecule is CCOC(=O)C1=C(C(=O)OCC)N(c2ccccc2)CN(c2ccc(C)cc2)C1. The smallest absolute Gasteiger partial charge is 0.355 e. The first-order chi connectivity index (χ1) is 14.0. The van der Waals surface area contributed by atoms with E-state index in [0.717, 1.165) is 16.9 Å². The van der Waals surface area contributed by atoms with Crippen molar-refractivity contribution in [3.05, 3.63) is 71.4 Å². The Morgan fingerprint density at radius 3 is 2.10 bits per heavy atom. The molecule has 6 nitrogen and oxygen atoms in total. The lowest BCUT2D eigenvalue weighted by molar-refractivity contribution is -0.142. The van der Waals surface area contributed by atoms with Crippen LogP contribution >= 0.6 is 0 Å². The van der Waals surface area contributed by atoms with Gasteiger partial charge in [-0.1, -0.05) is 35.9 Å². The summed E-state index contributed by atoms with van der Waals surface area (Å²) in [6.07, 6.45) is 0. The van der Waals surface area contributed by atoms with Gasteiger partial charge in [-0.15, -0.1) is 0 Å². The zero-order valence-electron chi connectivity index (χ0n) is 17.1. The molecule has 0 amide bonds. The summed E-state index contributed by atoms with van der Waals surface area (Å²) >= 11 is 0. The molecule has 0 N–H and O–H groups in total. The fourth-order valence-corrected chi connectivity index (χ4v) is 3.28. The number of esters is 2. The number of benzene rings is 2. The third-order valence-electron chi connectivity index (χ3n) is 4.67. The molecule has 3 rings (SSSR count). The zero-order valence-corrected chi connectivity index (χ0v) is 17.1. The highest BCUT2D eigenvalue weighted by molar-refractivity contribution is 6.04. The molecule has 0 aromatic heterocycles. The van der Waals surface area contributed by atoms with Gasteiger partial charge in [-0.05, 0) is 45.0 Å². The number of ether oxygens (including phenoxy) is 2. The fourth-order valence-electron chi connectivity index (χ4n) is 3.28. The van der Waals surface area contributed by atoms with Gasteiger partial charge in [0.15, 0.2) is 0 Å². The predicted octanol–water partition coefficient (Wildman–Crippen LogP) is 3.66. The van der Waals surface area contributed by atoms with Gasteiger partial charge in [-0.2, -0.15) is 0 Å². The van der Waals surface area contributed by atoms with Crippen molar-refractivity contribution < 1.29 is 19.1 Å². The van der Waals surface area contributed by atoms with Crippen LogP contribution in [0.15, 0.2) is 65.9 Å². The second-order valence-electron chi connectivity index (χ2n) is 6.71. The summed E-state index contributed by atoms with van der Waals surface area (Å²) in [5.74, 6) is -1.03. The lowest BCUT2D eigenvalue weighted by Crippen LogP contribution is -2.48. The number of rotatable bonds is 6. The van der Waals surface area contributed by atoms with Crippen LogP contribution in [0, 0.1) is 6.92 Å². The number of hydrogen-bond donors (Lipinski definition) is 0. The number of anilines is 2. The Morgan fingerprint density at radius 2 is 1.48 bits per heavy atom. The van der Waals surface area contributed by atoms with Crippen LogP contribution in [0.5, 0.6) is 0 Å². The Kier molecular flexibility index (Phi) is 6.54. The number of carbonyl (C=O) groups excluding carboxylic acids is 2. The number of aryl methyl sites for hydroxylation is 1. The van der Waals surface area contributed by atoms with E-state index in [-0.39, 0.29) is 25.5 Å². The lowest BCUT2D eigenvalue weighted by Gasteiger charge is -2.39. The Balaban J connectivity index is 2.11. The van der Waals surface area contributed by atoms with Crippen LogP contribution in [0.1, 0.15) is 19.4 Å². The molecule has 0 fully saturated rings. The van der Waals surface area contributed by atoms with E-state index in [0.29, 0.717) is 12.2 Å². The number of carbonyl (C=O) groups is 2. The zero-order chi connectivity index (χ0) is 20.8. The normalized spacial score (nSPS) is 14.0. The molecular weight excluding hydrogens is 368 g/mol. The van der Waals surface area contributed by atoms with E-state index in [4.69, 9.17) is 9.47 Å². The molecule has 1 aliphatic heterocycles. The van der Waals surface area contributed by atoms with Crippen molar-refractivity contribution in [1.82, 2.24) is 0 Å². The van der Waals surface area contributed by atoms with Crippen LogP contribution in [0.4, 0.5) is 11.4 Å². The van der Waals surface area contributed by atoms with E-state index in [2.05, 4.69) is 0 Å². The Hall–Kier alpha value is -3.28. The molecule has 1 aliphatic rings. The first kappa shape index (κ1) is 20.5. The van der Waals surface area contributed by atoms with Crippen LogP contribution in [-0.2, 0) is 19.1 Å². The summed E-state index contributed by atoms with van der Waals surface area (Å²) in [6.45, 7) is 6.65. The number of hydrogen-bond acceptors (Lipinski definition) is 6. The molecule has 29 heavy (non-hydrogen) atoms. The van der Waals surface area contributed by atoms with Gasteiger partial charge in [0.1, 0.15) is 5.70 Å². The van der Waals surface area contributed by atoms with Crippen molar-refractivity contribution in [2.24, 2.45) is 0 Å². The predicted molar refractivity (Wildman–Crippen MR) is 113 cm³/mol. The molecule has 0 saturated carbocycles. The van der Waals surface area contributed by atoms with Crippen LogP contribution in [0.25, 0.3) is 0 Å². The monoisotopic (exact) mass is 394 g/mol. The van der Waals surface area contributed by atoms with Crippen molar-refractivity contribution in [3.63, 3.8) is 0 Å². The molecule has 0 spiro atoms. The molecule has 152 valence electrons. The second kappa shape index (κ2) is 9.28. The molecule has 0 radical (unpaired) electrons. The van der Waals surface area contributed by atoms with Crippen molar-refractivity contribution in [1.29, 1.82) is 0 Å². The van der Waals surface area contributed by atoms with E-state index in [1.165, 1.54) is 0 Å². The summed E-state index contributed by atoms with van der Waals surface area (Å²) in [6, 6.07) is 17.6. The molecule has 0 aliphatic carbocycles. The molecular formula is C23H26N2O4. The molecule has 0 atom stereocenters. The molecule has 0 unspecified atom stereocenters. The van der Waals surface area contributed by atoms with E-state index in [9.17, 15) is 9.59 Å². The van der Waals surface area contributed by atoms with Gasteiger partial charge in [0, 0.05) is 11.4 Å². The minimum atomic E-state index is -0.525. The molecule has 1 heterocycles. The fraction of sp³-hybridized carbons (Fsp3) is 0.304. The van der Waals surface area contributed by atoms with E-state index >= 15 is 0 Å². The number of para-hydroxylation sites is 1. The van der Waals surface area contributed by atoms with Gasteiger partial charge in [0.2, 0.25) is 0 Å². The summed E-state index contributed by atoms with van der Waals surface area (Å²) in [5.41, 5.74) is 3.44. The molecule has 6 heteroatoms. The minimum absolute atomic E-state index is 0.225. The van der Waals surface area contributed by atoms with Gasteiger partial charge >= 0.3 is 11.9 Å². The molecule has 2 aromatic carbocycles. The van der Waals surface area contributed by atoms with Crippen molar-refractivity contribution in [3.8, 4) is 0 Å². The largest absolute Gasteiger partial charge is 0.463 e. The highest BCUT2D eigenvalue weighted by Gasteiger charge is 2.35. The lowest BCUT2D eigenvalue weighted by atomic mass is 10.1. The van der Waals surface area contributed by atoms with Crippen LogP contribution in [-0.4, -0.2) is 38.4 Å². The quantitative estimate of drug-likeness (QED) is 0.697. The highest BCUT2D eigenvalue weighted by atomic mass is 16.5. The molecule has 0 bridgehead atoms. The average molecular weight is 394 g/mol. The second-order valence-corrected chi connectivity index (χ2v) is 6.71. The standard InChI is InChI=1S/C23H26N2O4/c1-4-28-22(26)20-15-24(18-13-11-17(3)12-14-18)16-25(19-9-7-6-8-10-19)21(20)23(27)29-5-2/h6-14H,4-5,15-16H2,1-3H3. The third kappa shape index (κ3) is 4.59. The summed E-state index contributed by atoms with van der Waals surface area (Å²) in [7, 11) is 0. The van der Waals surface area contributed by atoms with Crippen molar-refractivity contribution in [2.45, 2.75) is 20.8 Å². The topological polar surface area (TPSA) is 59.1 Å². The highest BCUT2D eigenvalue weighted by Crippen LogP contribution is 2.30. The minimum Gasteiger partial charge on any atom is -0.463 e. The van der Waals surface area contributed by atoms with Gasteiger partial charge in [0.05, 0.1) is 32.0 Å². The third-order valence-corrected chi connectivity index (χ3v) is 4.67. The average Bonchev–Trinajstić information content (AvgIpc) is 2.74. The van der Waals surface area contributed by atoms with Gasteiger partial charge in [-0.25, -0.2) is 9.59 Å². The van der Waals surface area contributed by atoms with E-state index < -0.39 is 11.9 Å². The maximum absolute atomic E-state index is 12.8. The summed E-state index contributed by atoms with van der Waals surface area (Å²) in [4.78, 5) is 29.5.